The van der Waals surface area contributed by atoms with Crippen molar-refractivity contribution in [3.05, 3.63) is 72.3 Å². The van der Waals surface area contributed by atoms with Crippen molar-refractivity contribution < 1.29 is 29.4 Å². The van der Waals surface area contributed by atoms with Gasteiger partial charge in [-0.1, -0.05) is 36.4 Å². The van der Waals surface area contributed by atoms with E-state index >= 15 is 0 Å². The molecule has 0 bridgehead atoms. The summed E-state index contributed by atoms with van der Waals surface area (Å²) in [6.45, 7) is 0.0680. The third kappa shape index (κ3) is 8.34. The summed E-state index contributed by atoms with van der Waals surface area (Å²) in [5.74, 6) is -0.0306. The minimum absolute atomic E-state index is 0.0998. The van der Waals surface area contributed by atoms with Gasteiger partial charge in [0.05, 0.1) is 6.61 Å². The van der Waals surface area contributed by atoms with Crippen LogP contribution in [-0.2, 0) is 9.53 Å². The number of ether oxygens (including phenoxy) is 2. The minimum Gasteiger partial charge on any atom is -0.491 e. The Bertz CT molecular complexity index is 825. The van der Waals surface area contributed by atoms with Crippen molar-refractivity contribution >= 4 is 17.7 Å². The minimum atomic E-state index is -0.598. The van der Waals surface area contributed by atoms with Crippen molar-refractivity contribution in [2.75, 3.05) is 18.5 Å². The first-order chi connectivity index (χ1) is 14.6. The van der Waals surface area contributed by atoms with Crippen molar-refractivity contribution in [3.8, 4) is 5.75 Å². The number of carbonyl (C=O) groups excluding carboxylic acids is 2. The summed E-state index contributed by atoms with van der Waals surface area (Å²) in [5.41, 5.74) is 2.91. The van der Waals surface area contributed by atoms with E-state index in [1.54, 1.807) is 36.4 Å². The average Bonchev–Trinajstić information content (AvgIpc) is 2.77. The maximum absolute atomic E-state index is 12.4. The van der Waals surface area contributed by atoms with Crippen molar-refractivity contribution in [2.24, 2.45) is 0 Å². The van der Waals surface area contributed by atoms with Crippen LogP contribution in [0.25, 0.3) is 0 Å². The zero-order chi connectivity index (χ0) is 21.6. The molecule has 30 heavy (non-hydrogen) atoms. The van der Waals surface area contributed by atoms with E-state index in [0.717, 1.165) is 5.56 Å². The molecule has 1 atom stereocenters. The van der Waals surface area contributed by atoms with Crippen molar-refractivity contribution in [3.63, 3.8) is 0 Å². The molecular weight excluding hydrogens is 388 g/mol. The van der Waals surface area contributed by atoms with Gasteiger partial charge >= 0.3 is 6.09 Å². The fourth-order valence-corrected chi connectivity index (χ4v) is 2.71. The molecule has 4 N–H and O–H groups in total. The third-order valence-electron chi connectivity index (χ3n) is 4.08. The number of aliphatic hydroxyl groups excluding tert-OH is 1. The summed E-state index contributed by atoms with van der Waals surface area (Å²) in [4.78, 5) is 23.4. The summed E-state index contributed by atoms with van der Waals surface area (Å²) in [7, 11) is 0. The Morgan fingerprint density at radius 2 is 1.90 bits per heavy atom. The lowest BCUT2D eigenvalue weighted by atomic mass is 10.0. The zero-order valence-electron chi connectivity index (χ0n) is 16.5. The molecule has 2 rings (SSSR count). The first-order valence-corrected chi connectivity index (χ1v) is 9.59. The highest BCUT2D eigenvalue weighted by Crippen LogP contribution is 2.27. The van der Waals surface area contributed by atoms with Gasteiger partial charge in [0.1, 0.15) is 18.5 Å². The van der Waals surface area contributed by atoms with Gasteiger partial charge in [-0.3, -0.25) is 15.3 Å². The van der Waals surface area contributed by atoms with E-state index in [0.29, 0.717) is 30.7 Å². The fraction of sp³-hybridized carbons (Fsp3) is 0.273. The lowest BCUT2D eigenvalue weighted by molar-refractivity contribution is -0.124. The number of hydroxylamine groups is 1. The Kier molecular flexibility index (Phi) is 9.91. The Morgan fingerprint density at radius 1 is 1.10 bits per heavy atom. The lowest BCUT2D eigenvalue weighted by Crippen LogP contribution is -2.18. The molecule has 0 aromatic heterocycles. The molecule has 2 aromatic rings. The summed E-state index contributed by atoms with van der Waals surface area (Å²) in [6.07, 6.45) is 3.47. The van der Waals surface area contributed by atoms with Crippen LogP contribution in [0.4, 0.5) is 10.5 Å². The van der Waals surface area contributed by atoms with Gasteiger partial charge in [-0.15, -0.1) is 0 Å². The largest absolute Gasteiger partial charge is 0.491 e. The molecule has 0 heterocycles. The van der Waals surface area contributed by atoms with Gasteiger partial charge in [0, 0.05) is 11.8 Å². The standard InChI is InChI=1S/C22H26N2O6/c25-14-15-29-19-11-7-8-17(16-19)20(12-5-2-6-13-21(26)24-28)30-22(27)23-18-9-3-1-4-10-18/h1,3-4,6-11,13,16,20,25,28H,2,5,12,14-15H2,(H,23,27)(H,24,26)/b13-6+/t20-/m0/s1. The molecule has 160 valence electrons. The van der Waals surface area contributed by atoms with Gasteiger partial charge in [-0.05, 0) is 49.1 Å². The van der Waals surface area contributed by atoms with Gasteiger partial charge in [-0.2, -0.15) is 0 Å². The highest BCUT2D eigenvalue weighted by molar-refractivity contribution is 5.86. The van der Waals surface area contributed by atoms with Crippen LogP contribution in [0.15, 0.2) is 66.7 Å². The first-order valence-electron chi connectivity index (χ1n) is 9.59. The SMILES string of the molecule is O=C(/C=C/CCC[C@H](OC(=O)Nc1ccccc1)c1cccc(OCCO)c1)NO. The zero-order valence-corrected chi connectivity index (χ0v) is 16.5. The van der Waals surface area contributed by atoms with E-state index in [2.05, 4.69) is 5.32 Å². The molecule has 2 aromatic carbocycles. The molecular formula is C22H26N2O6. The summed E-state index contributed by atoms with van der Waals surface area (Å²) in [5, 5.41) is 20.1. The molecule has 0 unspecified atom stereocenters. The van der Waals surface area contributed by atoms with Crippen molar-refractivity contribution in [1.82, 2.24) is 5.48 Å². The van der Waals surface area contributed by atoms with Crippen LogP contribution in [0.3, 0.4) is 0 Å². The van der Waals surface area contributed by atoms with Crippen LogP contribution in [0, 0.1) is 0 Å². The molecule has 0 aliphatic heterocycles. The first kappa shape index (κ1) is 22.9. The number of para-hydroxylation sites is 1. The monoisotopic (exact) mass is 414 g/mol. The van der Waals surface area contributed by atoms with E-state index in [9.17, 15) is 9.59 Å². The van der Waals surface area contributed by atoms with E-state index in [1.807, 2.05) is 24.3 Å². The molecule has 0 saturated carbocycles. The van der Waals surface area contributed by atoms with Crippen LogP contribution in [0.5, 0.6) is 5.75 Å². The lowest BCUT2D eigenvalue weighted by Gasteiger charge is -2.19. The van der Waals surface area contributed by atoms with Crippen LogP contribution >= 0.6 is 0 Å². The number of benzene rings is 2. The van der Waals surface area contributed by atoms with E-state index < -0.39 is 18.1 Å². The molecule has 2 amide bonds. The molecule has 8 heteroatoms. The molecule has 0 saturated heterocycles. The molecule has 0 fully saturated rings. The highest BCUT2D eigenvalue weighted by atomic mass is 16.6. The van der Waals surface area contributed by atoms with Crippen LogP contribution in [0.1, 0.15) is 30.9 Å². The molecule has 0 radical (unpaired) electrons. The maximum Gasteiger partial charge on any atom is 0.412 e. The quantitative estimate of drug-likeness (QED) is 0.193. The number of nitrogens with one attached hydrogen (secondary N) is 2. The molecule has 8 nitrogen and oxygen atoms in total. The second-order valence-corrected chi connectivity index (χ2v) is 6.34. The van der Waals surface area contributed by atoms with E-state index in [1.165, 1.54) is 11.6 Å². The predicted octanol–water partition coefficient (Wildman–Crippen LogP) is 3.58. The maximum atomic E-state index is 12.4. The smallest absolute Gasteiger partial charge is 0.412 e. The summed E-state index contributed by atoms with van der Waals surface area (Å²) in [6, 6.07) is 16.1. The van der Waals surface area contributed by atoms with Gasteiger partial charge in [-0.25, -0.2) is 10.3 Å². The Labute approximate surface area is 175 Å². The number of aliphatic hydroxyl groups is 1. The second-order valence-electron chi connectivity index (χ2n) is 6.34. The predicted molar refractivity (Wildman–Crippen MR) is 111 cm³/mol. The van der Waals surface area contributed by atoms with Crippen LogP contribution in [-0.4, -0.2) is 35.5 Å². The van der Waals surface area contributed by atoms with Crippen LogP contribution in [0.2, 0.25) is 0 Å². The molecule has 0 aliphatic rings. The molecule has 0 aliphatic carbocycles. The second kappa shape index (κ2) is 13.0. The number of rotatable bonds is 11. The number of hydrogen-bond donors (Lipinski definition) is 4. The summed E-state index contributed by atoms with van der Waals surface area (Å²) >= 11 is 0. The average molecular weight is 414 g/mol. The Balaban J connectivity index is 2.04. The van der Waals surface area contributed by atoms with Gasteiger partial charge < -0.3 is 14.6 Å². The Hall–Kier alpha value is -3.36. The number of carbonyl (C=O) groups is 2. The van der Waals surface area contributed by atoms with Crippen LogP contribution < -0.4 is 15.5 Å². The van der Waals surface area contributed by atoms with Crippen molar-refractivity contribution in [2.45, 2.75) is 25.4 Å². The Morgan fingerprint density at radius 3 is 2.63 bits per heavy atom. The highest BCUT2D eigenvalue weighted by Gasteiger charge is 2.17. The summed E-state index contributed by atoms with van der Waals surface area (Å²) < 4.78 is 11.1. The van der Waals surface area contributed by atoms with Gasteiger partial charge in [0.2, 0.25) is 0 Å². The van der Waals surface area contributed by atoms with Gasteiger partial charge in [0.25, 0.3) is 5.91 Å². The normalized spacial score (nSPS) is 11.7. The number of amides is 2. The number of unbranched alkanes of at least 4 members (excludes halogenated alkanes) is 1. The third-order valence-corrected chi connectivity index (χ3v) is 4.08. The van der Waals surface area contributed by atoms with Crippen molar-refractivity contribution in [1.29, 1.82) is 0 Å². The van der Waals surface area contributed by atoms with E-state index in [-0.39, 0.29) is 13.2 Å². The topological polar surface area (TPSA) is 117 Å². The number of anilines is 1. The number of hydrogen-bond acceptors (Lipinski definition) is 6. The van der Waals surface area contributed by atoms with E-state index in [4.69, 9.17) is 19.8 Å². The fourth-order valence-electron chi connectivity index (χ4n) is 2.71. The molecule has 0 spiro atoms. The van der Waals surface area contributed by atoms with Gasteiger partial charge in [0.15, 0.2) is 0 Å². The number of allylic oxidation sites excluding steroid dienone is 1.